The van der Waals surface area contributed by atoms with Crippen LogP contribution in [0.3, 0.4) is 0 Å². The average molecular weight is 412 g/mol. The second kappa shape index (κ2) is 8.85. The number of amides is 2. The van der Waals surface area contributed by atoms with Gasteiger partial charge in [-0.15, -0.1) is 5.10 Å². The molecule has 9 heteroatoms. The van der Waals surface area contributed by atoms with Crippen LogP contribution in [0.2, 0.25) is 0 Å². The lowest BCUT2D eigenvalue weighted by molar-refractivity contribution is 0.102. The summed E-state index contributed by atoms with van der Waals surface area (Å²) in [5.74, 6) is 0.213. The van der Waals surface area contributed by atoms with Gasteiger partial charge in [0, 0.05) is 69.0 Å². The highest BCUT2D eigenvalue weighted by molar-refractivity contribution is 6.04. The van der Waals surface area contributed by atoms with E-state index in [9.17, 15) is 9.59 Å². The molecule has 3 heterocycles. The number of anilines is 2. The van der Waals surface area contributed by atoms with E-state index in [-0.39, 0.29) is 11.9 Å². The molecular formula is C21H29N7O2. The first kappa shape index (κ1) is 20.4. The van der Waals surface area contributed by atoms with Crippen molar-refractivity contribution >= 4 is 23.4 Å². The van der Waals surface area contributed by atoms with Crippen LogP contribution in [0, 0.1) is 0 Å². The molecule has 0 bridgehead atoms. The Kier molecular flexibility index (Phi) is 6.01. The first-order valence-corrected chi connectivity index (χ1v) is 10.5. The van der Waals surface area contributed by atoms with E-state index in [1.54, 1.807) is 0 Å². The highest BCUT2D eigenvalue weighted by Crippen LogP contribution is 2.24. The predicted molar refractivity (Wildman–Crippen MR) is 116 cm³/mol. The number of aromatic nitrogens is 2. The van der Waals surface area contributed by atoms with E-state index in [0.717, 1.165) is 49.7 Å². The van der Waals surface area contributed by atoms with Gasteiger partial charge in [-0.25, -0.2) is 4.79 Å². The van der Waals surface area contributed by atoms with Crippen LogP contribution in [0.1, 0.15) is 28.5 Å². The first-order valence-electron chi connectivity index (χ1n) is 10.5. The van der Waals surface area contributed by atoms with Crippen LogP contribution < -0.4 is 20.9 Å². The minimum Gasteiger partial charge on any atom is -0.369 e. The van der Waals surface area contributed by atoms with Crippen LogP contribution in [-0.4, -0.2) is 72.9 Å². The first-order chi connectivity index (χ1) is 14.6. The second-order valence-corrected chi connectivity index (χ2v) is 7.74. The third kappa shape index (κ3) is 4.17. The molecule has 1 aromatic heterocycles. The molecule has 2 aliphatic heterocycles. The van der Waals surface area contributed by atoms with E-state index >= 15 is 0 Å². The number of rotatable bonds is 4. The lowest BCUT2D eigenvalue weighted by Crippen LogP contribution is -2.44. The Labute approximate surface area is 176 Å². The fraction of sp³-hybridized carbons (Fsp3) is 0.476. The number of fused-ring (bicyclic) bond motifs is 1. The highest BCUT2D eigenvalue weighted by Gasteiger charge is 2.25. The fourth-order valence-corrected chi connectivity index (χ4v) is 3.91. The monoisotopic (exact) mass is 411 g/mol. The van der Waals surface area contributed by atoms with E-state index in [1.807, 2.05) is 31.2 Å². The van der Waals surface area contributed by atoms with Crippen molar-refractivity contribution in [3.05, 3.63) is 41.1 Å². The van der Waals surface area contributed by atoms with Crippen molar-refractivity contribution in [2.75, 3.05) is 56.5 Å². The maximum Gasteiger partial charge on any atom is 0.342 e. The molecule has 2 aliphatic rings. The maximum absolute atomic E-state index is 12.8. The quantitative estimate of drug-likeness (QED) is 0.698. The molecule has 0 aliphatic carbocycles. The zero-order valence-electron chi connectivity index (χ0n) is 17.6. The van der Waals surface area contributed by atoms with Crippen molar-refractivity contribution in [1.29, 1.82) is 0 Å². The van der Waals surface area contributed by atoms with Crippen molar-refractivity contribution in [1.82, 2.24) is 25.3 Å². The fourth-order valence-electron chi connectivity index (χ4n) is 3.91. The zero-order valence-corrected chi connectivity index (χ0v) is 17.6. The van der Waals surface area contributed by atoms with Crippen molar-refractivity contribution in [3.63, 3.8) is 0 Å². The number of nitrogens with zero attached hydrogens (tertiary/aromatic N) is 4. The molecule has 1 aromatic carbocycles. The number of carbonyl (C=O) groups is 2. The number of hydrogen-bond acceptors (Lipinski definition) is 6. The van der Waals surface area contributed by atoms with Crippen LogP contribution in [0.5, 0.6) is 0 Å². The van der Waals surface area contributed by atoms with Crippen molar-refractivity contribution in [3.8, 4) is 0 Å². The summed E-state index contributed by atoms with van der Waals surface area (Å²) in [5, 5.41) is 13.3. The molecule has 3 N–H and O–H groups in total. The molecule has 30 heavy (non-hydrogen) atoms. The molecule has 0 saturated carbocycles. The molecule has 2 aromatic rings. The standard InChI is InChI=1S/C21H29N7O2/c1-3-23-21(30)28-18-8-9-22-14-17(18)19(25-28)24-20(29)15-4-6-16(7-5-15)27-12-10-26(2)11-13-27/h4-7,22H,3,8-14H2,1-2H3,(H,23,30)(H,24,25,29). The Bertz CT molecular complexity index is 914. The molecule has 0 spiro atoms. The van der Waals surface area contributed by atoms with E-state index in [0.29, 0.717) is 30.9 Å². The minimum absolute atomic E-state index is 0.228. The molecule has 0 radical (unpaired) electrons. The molecule has 1 fully saturated rings. The number of likely N-dealkylation sites (N-methyl/N-ethyl adjacent to an activating group) is 1. The van der Waals surface area contributed by atoms with Crippen LogP contribution >= 0.6 is 0 Å². The third-order valence-corrected chi connectivity index (χ3v) is 5.68. The summed E-state index contributed by atoms with van der Waals surface area (Å²) >= 11 is 0. The van der Waals surface area contributed by atoms with Gasteiger partial charge < -0.3 is 25.8 Å². The molecule has 1 saturated heterocycles. The topological polar surface area (TPSA) is 94.5 Å². The summed E-state index contributed by atoms with van der Waals surface area (Å²) in [4.78, 5) is 29.8. The normalized spacial score (nSPS) is 16.8. The minimum atomic E-state index is -0.271. The Morgan fingerprint density at radius 2 is 1.87 bits per heavy atom. The molecule has 2 amide bonds. The van der Waals surface area contributed by atoms with Gasteiger partial charge in [-0.05, 0) is 38.2 Å². The van der Waals surface area contributed by atoms with E-state index in [4.69, 9.17) is 0 Å². The number of piperazine rings is 1. The summed E-state index contributed by atoms with van der Waals surface area (Å²) in [6.45, 7) is 7.78. The van der Waals surface area contributed by atoms with Crippen molar-refractivity contribution in [2.45, 2.75) is 19.9 Å². The number of nitrogens with one attached hydrogen (secondary N) is 3. The molecule has 160 valence electrons. The van der Waals surface area contributed by atoms with Crippen LogP contribution in [0.15, 0.2) is 24.3 Å². The van der Waals surface area contributed by atoms with Gasteiger partial charge >= 0.3 is 6.03 Å². The Morgan fingerprint density at radius 1 is 1.13 bits per heavy atom. The lowest BCUT2D eigenvalue weighted by Gasteiger charge is -2.34. The smallest absolute Gasteiger partial charge is 0.342 e. The second-order valence-electron chi connectivity index (χ2n) is 7.74. The summed E-state index contributed by atoms with van der Waals surface area (Å²) in [5.41, 5.74) is 3.41. The van der Waals surface area contributed by atoms with Gasteiger partial charge in [0.2, 0.25) is 0 Å². The summed E-state index contributed by atoms with van der Waals surface area (Å²) in [6.07, 6.45) is 0.690. The average Bonchev–Trinajstić information content (AvgIpc) is 3.13. The van der Waals surface area contributed by atoms with Gasteiger partial charge in [0.25, 0.3) is 5.91 Å². The summed E-state index contributed by atoms with van der Waals surface area (Å²) in [7, 11) is 2.13. The largest absolute Gasteiger partial charge is 0.369 e. The highest BCUT2D eigenvalue weighted by atomic mass is 16.2. The van der Waals surface area contributed by atoms with Gasteiger partial charge in [0.15, 0.2) is 5.82 Å². The van der Waals surface area contributed by atoms with Gasteiger partial charge in [-0.2, -0.15) is 4.68 Å². The molecule has 4 rings (SSSR count). The lowest BCUT2D eigenvalue weighted by atomic mass is 10.1. The third-order valence-electron chi connectivity index (χ3n) is 5.68. The molecular weight excluding hydrogens is 382 g/mol. The predicted octanol–water partition coefficient (Wildman–Crippen LogP) is 1.11. The Hall–Kier alpha value is -2.91. The Morgan fingerprint density at radius 3 is 2.57 bits per heavy atom. The van der Waals surface area contributed by atoms with Gasteiger partial charge in [0.1, 0.15) is 0 Å². The van der Waals surface area contributed by atoms with Gasteiger partial charge in [-0.1, -0.05) is 0 Å². The summed E-state index contributed by atoms with van der Waals surface area (Å²) in [6, 6.07) is 7.39. The number of benzene rings is 1. The van der Waals surface area contributed by atoms with Gasteiger partial charge in [0.05, 0.1) is 5.69 Å². The van der Waals surface area contributed by atoms with E-state index in [1.165, 1.54) is 4.68 Å². The van der Waals surface area contributed by atoms with Crippen molar-refractivity contribution < 1.29 is 9.59 Å². The molecule has 0 unspecified atom stereocenters. The molecule has 9 nitrogen and oxygen atoms in total. The van der Waals surface area contributed by atoms with E-state index in [2.05, 4.69) is 37.9 Å². The zero-order chi connectivity index (χ0) is 21.1. The summed E-state index contributed by atoms with van der Waals surface area (Å²) < 4.78 is 1.38. The van der Waals surface area contributed by atoms with Crippen molar-refractivity contribution in [2.24, 2.45) is 0 Å². The van der Waals surface area contributed by atoms with Gasteiger partial charge in [-0.3, -0.25) is 4.79 Å². The van der Waals surface area contributed by atoms with Crippen LogP contribution in [0.4, 0.5) is 16.3 Å². The van der Waals surface area contributed by atoms with Crippen LogP contribution in [0.25, 0.3) is 0 Å². The SMILES string of the molecule is CCNC(=O)n1nc(NC(=O)c2ccc(N3CCN(C)CC3)cc2)c2c1CCNC2. The molecule has 0 atom stereocenters. The van der Waals surface area contributed by atoms with Crippen LogP contribution in [-0.2, 0) is 13.0 Å². The van der Waals surface area contributed by atoms with E-state index < -0.39 is 0 Å². The number of hydrogen-bond donors (Lipinski definition) is 3. The Balaban J connectivity index is 1.49. The number of carbonyl (C=O) groups excluding carboxylic acids is 2. The maximum atomic E-state index is 12.8.